The average Bonchev–Trinajstić information content (AvgIpc) is 2.46. The van der Waals surface area contributed by atoms with Crippen molar-refractivity contribution in [2.24, 2.45) is 0 Å². The molecule has 20 heavy (non-hydrogen) atoms. The van der Waals surface area contributed by atoms with Crippen LogP contribution in [-0.4, -0.2) is 10.1 Å². The molecule has 1 heterocycles. The topological polar surface area (TPSA) is 45.1 Å². The summed E-state index contributed by atoms with van der Waals surface area (Å²) >= 11 is 6.14. The molecular formula is C16H19ClN2O. The van der Waals surface area contributed by atoms with Gasteiger partial charge in [0, 0.05) is 5.69 Å². The lowest BCUT2D eigenvalue weighted by atomic mass is 10.1. The minimum atomic E-state index is 0.00688. The van der Waals surface area contributed by atoms with Crippen LogP contribution in [0.25, 0.3) is 0 Å². The van der Waals surface area contributed by atoms with Crippen molar-refractivity contribution < 1.29 is 5.11 Å². The summed E-state index contributed by atoms with van der Waals surface area (Å²) in [4.78, 5) is 4.60. The van der Waals surface area contributed by atoms with Gasteiger partial charge in [-0.1, -0.05) is 37.6 Å². The van der Waals surface area contributed by atoms with Crippen molar-refractivity contribution >= 4 is 17.3 Å². The third-order valence-electron chi connectivity index (χ3n) is 3.09. The number of pyridine rings is 1. The number of hydrogen-bond donors (Lipinski definition) is 2. The van der Waals surface area contributed by atoms with E-state index in [0.29, 0.717) is 17.5 Å². The summed E-state index contributed by atoms with van der Waals surface area (Å²) in [6.45, 7) is 4.87. The molecule has 0 unspecified atom stereocenters. The Morgan fingerprint density at radius 1 is 1.25 bits per heavy atom. The summed E-state index contributed by atoms with van der Waals surface area (Å²) in [6.07, 6.45) is 0. The zero-order valence-corrected chi connectivity index (χ0v) is 12.5. The summed E-state index contributed by atoms with van der Waals surface area (Å²) in [5, 5.41) is 13.1. The maximum Gasteiger partial charge on any atom is 0.0682 e. The number of anilines is 1. The third-order valence-corrected chi connectivity index (χ3v) is 3.42. The molecule has 0 fully saturated rings. The summed E-state index contributed by atoms with van der Waals surface area (Å²) < 4.78 is 0. The van der Waals surface area contributed by atoms with Gasteiger partial charge in [-0.2, -0.15) is 0 Å². The second-order valence-corrected chi connectivity index (χ2v) is 5.44. The molecule has 2 N–H and O–H groups in total. The van der Waals surface area contributed by atoms with Crippen LogP contribution in [0.1, 0.15) is 36.7 Å². The van der Waals surface area contributed by atoms with Gasteiger partial charge in [0.05, 0.1) is 29.6 Å². The van der Waals surface area contributed by atoms with E-state index >= 15 is 0 Å². The zero-order chi connectivity index (χ0) is 14.5. The van der Waals surface area contributed by atoms with E-state index in [2.05, 4.69) is 24.1 Å². The van der Waals surface area contributed by atoms with E-state index in [9.17, 15) is 0 Å². The molecule has 1 aromatic carbocycles. The molecule has 0 aliphatic carbocycles. The Hall–Kier alpha value is -1.58. The average molecular weight is 291 g/mol. The van der Waals surface area contributed by atoms with Gasteiger partial charge in [-0.3, -0.25) is 4.98 Å². The molecule has 106 valence electrons. The molecule has 0 radical (unpaired) electrons. The summed E-state index contributed by atoms with van der Waals surface area (Å²) in [5.41, 5.74) is 3.71. The van der Waals surface area contributed by atoms with Gasteiger partial charge >= 0.3 is 0 Å². The van der Waals surface area contributed by atoms with Crippen LogP contribution in [0.2, 0.25) is 5.02 Å². The Labute approximate surface area is 124 Å². The quantitative estimate of drug-likeness (QED) is 0.876. The van der Waals surface area contributed by atoms with Gasteiger partial charge in [0.15, 0.2) is 0 Å². The SMILES string of the molecule is CC(C)c1cccc(CNc2cc(CO)ccc2Cl)n1. The van der Waals surface area contributed by atoms with E-state index < -0.39 is 0 Å². The summed E-state index contributed by atoms with van der Waals surface area (Å²) in [6, 6.07) is 11.5. The summed E-state index contributed by atoms with van der Waals surface area (Å²) in [5.74, 6) is 0.413. The van der Waals surface area contributed by atoms with E-state index in [1.54, 1.807) is 6.07 Å². The predicted octanol–water partition coefficient (Wildman–Crippen LogP) is 3.96. The minimum absolute atomic E-state index is 0.00688. The lowest BCUT2D eigenvalue weighted by Crippen LogP contribution is -2.04. The molecule has 0 saturated carbocycles. The van der Waals surface area contributed by atoms with Crippen molar-refractivity contribution in [2.75, 3.05) is 5.32 Å². The minimum Gasteiger partial charge on any atom is -0.392 e. The second kappa shape index (κ2) is 6.73. The molecule has 0 atom stereocenters. The lowest BCUT2D eigenvalue weighted by Gasteiger charge is -2.11. The number of aliphatic hydroxyl groups is 1. The van der Waals surface area contributed by atoms with Crippen LogP contribution in [0, 0.1) is 0 Å². The highest BCUT2D eigenvalue weighted by Gasteiger charge is 2.04. The molecule has 2 aromatic rings. The van der Waals surface area contributed by atoms with Crippen LogP contribution < -0.4 is 5.32 Å². The Bertz CT molecular complexity index is 584. The molecule has 0 amide bonds. The van der Waals surface area contributed by atoms with Crippen LogP contribution >= 0.6 is 11.6 Å². The largest absolute Gasteiger partial charge is 0.392 e. The third kappa shape index (κ3) is 3.71. The molecular weight excluding hydrogens is 272 g/mol. The van der Waals surface area contributed by atoms with Crippen molar-refractivity contribution in [3.05, 3.63) is 58.4 Å². The normalized spacial score (nSPS) is 10.8. The molecule has 1 aromatic heterocycles. The molecule has 3 nitrogen and oxygen atoms in total. The Morgan fingerprint density at radius 2 is 2.05 bits per heavy atom. The van der Waals surface area contributed by atoms with Crippen molar-refractivity contribution in [3.8, 4) is 0 Å². The number of aromatic nitrogens is 1. The monoisotopic (exact) mass is 290 g/mol. The first-order valence-corrected chi connectivity index (χ1v) is 7.07. The number of rotatable bonds is 5. The highest BCUT2D eigenvalue weighted by molar-refractivity contribution is 6.33. The highest BCUT2D eigenvalue weighted by Crippen LogP contribution is 2.23. The molecule has 0 aliphatic rings. The van der Waals surface area contributed by atoms with Crippen molar-refractivity contribution in [1.29, 1.82) is 0 Å². The number of aliphatic hydroxyl groups excluding tert-OH is 1. The fourth-order valence-corrected chi connectivity index (χ4v) is 2.09. The van der Waals surface area contributed by atoms with Gasteiger partial charge in [0.2, 0.25) is 0 Å². The molecule has 0 bridgehead atoms. The molecule has 0 spiro atoms. The standard InChI is InChI=1S/C16H19ClN2O/c1-11(2)15-5-3-4-13(19-15)9-18-16-8-12(10-20)6-7-14(16)17/h3-8,11,18,20H,9-10H2,1-2H3. The predicted molar refractivity (Wildman–Crippen MR) is 83.0 cm³/mol. The number of halogens is 1. The molecule has 0 saturated heterocycles. The smallest absolute Gasteiger partial charge is 0.0682 e. The van der Waals surface area contributed by atoms with Crippen molar-refractivity contribution in [2.45, 2.75) is 32.9 Å². The van der Waals surface area contributed by atoms with Crippen molar-refractivity contribution in [3.63, 3.8) is 0 Å². The Morgan fingerprint density at radius 3 is 2.75 bits per heavy atom. The first kappa shape index (κ1) is 14.8. The van der Waals surface area contributed by atoms with Gasteiger partial charge in [0.25, 0.3) is 0 Å². The fourth-order valence-electron chi connectivity index (χ4n) is 1.91. The zero-order valence-electron chi connectivity index (χ0n) is 11.7. The number of nitrogens with one attached hydrogen (secondary N) is 1. The maximum atomic E-state index is 9.15. The molecule has 2 rings (SSSR count). The van der Waals surface area contributed by atoms with E-state index in [4.69, 9.17) is 16.7 Å². The van der Waals surface area contributed by atoms with Gasteiger partial charge in [0.1, 0.15) is 0 Å². The summed E-state index contributed by atoms with van der Waals surface area (Å²) in [7, 11) is 0. The molecule has 0 aliphatic heterocycles. The van der Waals surface area contributed by atoms with Crippen LogP contribution in [0.5, 0.6) is 0 Å². The molecule has 4 heteroatoms. The lowest BCUT2D eigenvalue weighted by molar-refractivity contribution is 0.282. The Kier molecular flexibility index (Phi) is 4.99. The first-order valence-electron chi connectivity index (χ1n) is 6.69. The first-order chi connectivity index (χ1) is 9.60. The van der Waals surface area contributed by atoms with E-state index in [1.165, 1.54) is 0 Å². The van der Waals surface area contributed by atoms with Gasteiger partial charge < -0.3 is 10.4 Å². The second-order valence-electron chi connectivity index (χ2n) is 5.03. The van der Waals surface area contributed by atoms with Gasteiger partial charge in [-0.15, -0.1) is 0 Å². The van der Waals surface area contributed by atoms with Gasteiger partial charge in [-0.25, -0.2) is 0 Å². The highest BCUT2D eigenvalue weighted by atomic mass is 35.5. The van der Waals surface area contributed by atoms with Crippen LogP contribution in [0.3, 0.4) is 0 Å². The Balaban J connectivity index is 2.10. The van der Waals surface area contributed by atoms with Crippen LogP contribution in [-0.2, 0) is 13.2 Å². The van der Waals surface area contributed by atoms with Crippen LogP contribution in [0.4, 0.5) is 5.69 Å². The van der Waals surface area contributed by atoms with E-state index in [1.807, 2.05) is 30.3 Å². The number of benzene rings is 1. The van der Waals surface area contributed by atoms with E-state index in [0.717, 1.165) is 22.6 Å². The van der Waals surface area contributed by atoms with E-state index in [-0.39, 0.29) is 6.61 Å². The number of hydrogen-bond acceptors (Lipinski definition) is 3. The van der Waals surface area contributed by atoms with Crippen LogP contribution in [0.15, 0.2) is 36.4 Å². The fraction of sp³-hybridized carbons (Fsp3) is 0.312. The van der Waals surface area contributed by atoms with Gasteiger partial charge in [-0.05, 0) is 35.7 Å². The van der Waals surface area contributed by atoms with Crippen molar-refractivity contribution in [1.82, 2.24) is 4.98 Å². The number of nitrogens with zero attached hydrogens (tertiary/aromatic N) is 1. The maximum absolute atomic E-state index is 9.15.